The van der Waals surface area contributed by atoms with Crippen LogP contribution in [-0.4, -0.2) is 49.9 Å². The fourth-order valence-corrected chi connectivity index (χ4v) is 1.78. The van der Waals surface area contributed by atoms with E-state index in [1.807, 2.05) is 0 Å². The van der Waals surface area contributed by atoms with Crippen LogP contribution in [0, 0.1) is 0 Å². The highest BCUT2D eigenvalue weighted by molar-refractivity contribution is 5.06. The van der Waals surface area contributed by atoms with Crippen molar-refractivity contribution >= 4 is 0 Å². The van der Waals surface area contributed by atoms with Gasteiger partial charge in [-0.15, -0.1) is 0 Å². The van der Waals surface area contributed by atoms with Crippen LogP contribution in [0.25, 0.3) is 0 Å². The normalized spacial score (nSPS) is 11.3. The Labute approximate surface area is 111 Å². The van der Waals surface area contributed by atoms with Crippen molar-refractivity contribution in [2.24, 2.45) is 0 Å². The summed E-state index contributed by atoms with van der Waals surface area (Å²) in [5.41, 5.74) is 1.35. The van der Waals surface area contributed by atoms with Crippen LogP contribution in [0.1, 0.15) is 19.0 Å². The van der Waals surface area contributed by atoms with E-state index in [4.69, 9.17) is 4.74 Å². The maximum absolute atomic E-state index is 5.53. The van der Waals surface area contributed by atoms with Crippen LogP contribution in [-0.2, 0) is 17.8 Å². The largest absolute Gasteiger partial charge is 0.379 e. The van der Waals surface area contributed by atoms with E-state index in [0.29, 0.717) is 0 Å². The fourth-order valence-electron chi connectivity index (χ4n) is 1.78. The summed E-state index contributed by atoms with van der Waals surface area (Å²) in [5.74, 6) is 0. The Balaban J connectivity index is 2.05. The number of hydrogen-bond acceptors (Lipinski definition) is 3. The maximum Gasteiger partial charge on any atom is 0.0593 e. The molecule has 0 aliphatic rings. The number of aryl methyl sites for hydroxylation is 1. The average molecular weight is 253 g/mol. The van der Waals surface area contributed by atoms with E-state index in [-0.39, 0.29) is 0 Å². The van der Waals surface area contributed by atoms with Gasteiger partial charge in [-0.05, 0) is 32.6 Å². The van der Waals surface area contributed by atoms with Crippen molar-refractivity contribution in [3.05, 3.63) is 24.0 Å². The van der Waals surface area contributed by atoms with Crippen molar-refractivity contribution < 1.29 is 4.74 Å². The van der Waals surface area contributed by atoms with Crippen molar-refractivity contribution in [2.45, 2.75) is 26.4 Å². The topological polar surface area (TPSA) is 29.4 Å². The maximum atomic E-state index is 5.53. The van der Waals surface area contributed by atoms with Gasteiger partial charge in [0.25, 0.3) is 0 Å². The Bertz CT molecular complexity index is 310. The van der Waals surface area contributed by atoms with Crippen LogP contribution in [0.4, 0.5) is 0 Å². The molecule has 4 heteroatoms. The molecule has 0 saturated heterocycles. The van der Waals surface area contributed by atoms with Crippen LogP contribution in [0.2, 0.25) is 0 Å². The Morgan fingerprint density at radius 2 is 2.17 bits per heavy atom. The molecule has 0 aliphatic carbocycles. The van der Waals surface area contributed by atoms with Gasteiger partial charge in [0.1, 0.15) is 0 Å². The highest BCUT2D eigenvalue weighted by Crippen LogP contribution is 2.02. The summed E-state index contributed by atoms with van der Waals surface area (Å²) in [5, 5.41) is 3.42. The number of nitrogens with zero attached hydrogens (tertiary/aromatic N) is 2. The molecule has 1 N–H and O–H groups in total. The van der Waals surface area contributed by atoms with Crippen LogP contribution in [0.3, 0.4) is 0 Å². The molecule has 104 valence electrons. The molecular formula is C14H27N3O. The van der Waals surface area contributed by atoms with Gasteiger partial charge in [-0.1, -0.05) is 6.92 Å². The molecule has 0 unspecified atom stereocenters. The zero-order valence-corrected chi connectivity index (χ0v) is 12.0. The van der Waals surface area contributed by atoms with Crippen LogP contribution >= 0.6 is 0 Å². The molecule has 1 aromatic rings. The molecule has 18 heavy (non-hydrogen) atoms. The third-order valence-corrected chi connectivity index (χ3v) is 2.80. The summed E-state index contributed by atoms with van der Waals surface area (Å²) in [6.45, 7) is 7.70. The Hall–Kier alpha value is -0.840. The SMILES string of the molecule is CCCn1cccc1CNCCOCCN(C)C. The van der Waals surface area contributed by atoms with Crippen molar-refractivity contribution in [3.63, 3.8) is 0 Å². The van der Waals surface area contributed by atoms with E-state index in [9.17, 15) is 0 Å². The quantitative estimate of drug-likeness (QED) is 0.642. The highest BCUT2D eigenvalue weighted by Gasteiger charge is 1.99. The van der Waals surface area contributed by atoms with Gasteiger partial charge in [-0.3, -0.25) is 0 Å². The Kier molecular flexibility index (Phi) is 7.73. The number of likely N-dealkylation sites (N-methyl/N-ethyl adjacent to an activating group) is 1. The second-order valence-corrected chi connectivity index (χ2v) is 4.79. The molecule has 0 fully saturated rings. The van der Waals surface area contributed by atoms with Gasteiger partial charge in [-0.2, -0.15) is 0 Å². The lowest BCUT2D eigenvalue weighted by Crippen LogP contribution is -2.23. The van der Waals surface area contributed by atoms with Gasteiger partial charge in [-0.25, -0.2) is 0 Å². The lowest BCUT2D eigenvalue weighted by molar-refractivity contribution is 0.119. The van der Waals surface area contributed by atoms with Gasteiger partial charge in [0, 0.05) is 38.1 Å². The van der Waals surface area contributed by atoms with Crippen LogP contribution in [0.15, 0.2) is 18.3 Å². The second kappa shape index (κ2) is 9.14. The first-order valence-electron chi connectivity index (χ1n) is 6.81. The summed E-state index contributed by atoms with van der Waals surface area (Å²) >= 11 is 0. The minimum Gasteiger partial charge on any atom is -0.379 e. The molecule has 4 nitrogen and oxygen atoms in total. The highest BCUT2D eigenvalue weighted by atomic mass is 16.5. The van der Waals surface area contributed by atoms with Gasteiger partial charge in [0.05, 0.1) is 13.2 Å². The zero-order chi connectivity index (χ0) is 13.2. The number of aromatic nitrogens is 1. The van der Waals surface area contributed by atoms with E-state index in [1.165, 1.54) is 12.1 Å². The van der Waals surface area contributed by atoms with E-state index in [1.54, 1.807) is 0 Å². The molecule has 1 rings (SSSR count). The molecule has 0 radical (unpaired) electrons. The third kappa shape index (κ3) is 6.19. The summed E-state index contributed by atoms with van der Waals surface area (Å²) < 4.78 is 7.84. The molecule has 0 bridgehead atoms. The molecule has 0 aromatic carbocycles. The number of nitrogens with one attached hydrogen (secondary N) is 1. The average Bonchev–Trinajstić information content (AvgIpc) is 2.76. The van der Waals surface area contributed by atoms with Gasteiger partial charge in [0.15, 0.2) is 0 Å². The molecule has 0 amide bonds. The van der Waals surface area contributed by atoms with Crippen molar-refractivity contribution in [1.82, 2.24) is 14.8 Å². The lowest BCUT2D eigenvalue weighted by Gasteiger charge is -2.11. The molecule has 0 saturated carbocycles. The van der Waals surface area contributed by atoms with Crippen LogP contribution in [0.5, 0.6) is 0 Å². The smallest absolute Gasteiger partial charge is 0.0593 e. The van der Waals surface area contributed by atoms with E-state index < -0.39 is 0 Å². The molecule has 0 aliphatic heterocycles. The first-order chi connectivity index (χ1) is 8.74. The molecule has 1 heterocycles. The Morgan fingerprint density at radius 3 is 2.89 bits per heavy atom. The predicted molar refractivity (Wildman–Crippen MR) is 75.8 cm³/mol. The molecular weight excluding hydrogens is 226 g/mol. The molecule has 0 spiro atoms. The van der Waals surface area contributed by atoms with Gasteiger partial charge >= 0.3 is 0 Å². The number of rotatable bonds is 10. The Morgan fingerprint density at radius 1 is 1.33 bits per heavy atom. The van der Waals surface area contributed by atoms with Crippen molar-refractivity contribution in [3.8, 4) is 0 Å². The lowest BCUT2D eigenvalue weighted by atomic mass is 10.4. The van der Waals surface area contributed by atoms with Crippen molar-refractivity contribution in [2.75, 3.05) is 40.4 Å². The summed E-state index contributed by atoms with van der Waals surface area (Å²) in [6.07, 6.45) is 3.32. The fraction of sp³-hybridized carbons (Fsp3) is 0.714. The van der Waals surface area contributed by atoms with Gasteiger partial charge in [0.2, 0.25) is 0 Å². The second-order valence-electron chi connectivity index (χ2n) is 4.79. The standard InChI is InChI=1S/C14H27N3O/c1-4-8-17-9-5-6-14(17)13-15-7-11-18-12-10-16(2)3/h5-6,9,15H,4,7-8,10-13H2,1-3H3. The minimum absolute atomic E-state index is 0.780. The number of ether oxygens (including phenoxy) is 1. The van der Waals surface area contributed by atoms with E-state index in [0.717, 1.165) is 39.4 Å². The van der Waals surface area contributed by atoms with E-state index >= 15 is 0 Å². The third-order valence-electron chi connectivity index (χ3n) is 2.80. The molecule has 0 atom stereocenters. The van der Waals surface area contributed by atoms with Crippen molar-refractivity contribution in [1.29, 1.82) is 0 Å². The summed E-state index contributed by atoms with van der Waals surface area (Å²) in [4.78, 5) is 2.13. The monoisotopic (exact) mass is 253 g/mol. The molecule has 1 aromatic heterocycles. The first kappa shape index (κ1) is 15.2. The van der Waals surface area contributed by atoms with E-state index in [2.05, 4.69) is 54.1 Å². The number of hydrogen-bond donors (Lipinski definition) is 1. The minimum atomic E-state index is 0.780. The first-order valence-corrected chi connectivity index (χ1v) is 6.81. The summed E-state index contributed by atoms with van der Waals surface area (Å²) in [6, 6.07) is 4.29. The summed E-state index contributed by atoms with van der Waals surface area (Å²) in [7, 11) is 4.12. The van der Waals surface area contributed by atoms with Gasteiger partial charge < -0.3 is 19.5 Å². The van der Waals surface area contributed by atoms with Crippen LogP contribution < -0.4 is 5.32 Å². The predicted octanol–water partition coefficient (Wildman–Crippen LogP) is 1.57. The zero-order valence-electron chi connectivity index (χ0n) is 12.0.